The molecule has 1 amide bonds. The third-order valence-electron chi connectivity index (χ3n) is 6.17. The third-order valence-corrected chi connectivity index (χ3v) is 8.21. The molecule has 1 saturated heterocycles. The van der Waals surface area contributed by atoms with E-state index < -0.39 is 10.0 Å². The van der Waals surface area contributed by atoms with Crippen molar-refractivity contribution in [3.63, 3.8) is 0 Å². The van der Waals surface area contributed by atoms with Gasteiger partial charge in [-0.15, -0.1) is 0 Å². The molecule has 2 fully saturated rings. The number of hydrogen-bond donors (Lipinski definition) is 1. The fraction of sp³-hybridized carbons (Fsp3) is 0.667. The Bertz CT molecular complexity index is 775. The van der Waals surface area contributed by atoms with Crippen LogP contribution in [0.2, 0.25) is 0 Å². The molecule has 1 saturated carbocycles. The van der Waals surface area contributed by atoms with Crippen molar-refractivity contribution in [2.75, 3.05) is 31.5 Å². The molecule has 2 aliphatic rings. The van der Waals surface area contributed by atoms with Crippen molar-refractivity contribution in [1.82, 2.24) is 9.21 Å². The summed E-state index contributed by atoms with van der Waals surface area (Å²) in [6.45, 7) is 5.85. The molecule has 0 aromatic heterocycles. The van der Waals surface area contributed by atoms with Crippen LogP contribution in [0, 0.1) is 5.92 Å². The molecular weight excluding hydrogens is 374 g/mol. The van der Waals surface area contributed by atoms with Crippen LogP contribution < -0.4 is 5.32 Å². The average molecular weight is 408 g/mol. The van der Waals surface area contributed by atoms with Crippen LogP contribution >= 0.6 is 0 Å². The second kappa shape index (κ2) is 9.37. The summed E-state index contributed by atoms with van der Waals surface area (Å²) in [6.07, 6.45) is 7.49. The van der Waals surface area contributed by atoms with E-state index in [0.29, 0.717) is 31.4 Å². The minimum atomic E-state index is -3.53. The highest BCUT2D eigenvalue weighted by molar-refractivity contribution is 7.89. The van der Waals surface area contributed by atoms with Gasteiger partial charge in [-0.1, -0.05) is 32.8 Å². The van der Waals surface area contributed by atoms with Gasteiger partial charge in [0.15, 0.2) is 0 Å². The summed E-state index contributed by atoms with van der Waals surface area (Å²) in [4.78, 5) is 15.2. The Balaban J connectivity index is 1.66. The number of nitrogens with zero attached hydrogens (tertiary/aromatic N) is 2. The maximum Gasteiger partial charge on any atom is 0.243 e. The Morgan fingerprint density at radius 1 is 1.14 bits per heavy atom. The van der Waals surface area contributed by atoms with E-state index in [1.165, 1.54) is 36.4 Å². The van der Waals surface area contributed by atoms with Crippen molar-refractivity contribution in [3.8, 4) is 0 Å². The van der Waals surface area contributed by atoms with Crippen LogP contribution in [0.1, 0.15) is 52.4 Å². The van der Waals surface area contributed by atoms with Gasteiger partial charge in [0.1, 0.15) is 0 Å². The Morgan fingerprint density at radius 3 is 2.61 bits per heavy atom. The molecule has 0 spiro atoms. The van der Waals surface area contributed by atoms with Crippen LogP contribution in [0.25, 0.3) is 0 Å². The first kappa shape index (κ1) is 21.3. The normalized spacial score (nSPS) is 23.4. The molecule has 7 heteroatoms. The van der Waals surface area contributed by atoms with Gasteiger partial charge in [-0.25, -0.2) is 8.42 Å². The quantitative estimate of drug-likeness (QED) is 0.753. The van der Waals surface area contributed by atoms with Crippen molar-refractivity contribution in [2.24, 2.45) is 5.92 Å². The van der Waals surface area contributed by atoms with Crippen molar-refractivity contribution in [3.05, 3.63) is 24.3 Å². The smallest absolute Gasteiger partial charge is 0.243 e. The number of carbonyl (C=O) groups is 1. The van der Waals surface area contributed by atoms with E-state index in [2.05, 4.69) is 10.2 Å². The molecule has 1 aliphatic carbocycles. The molecule has 28 heavy (non-hydrogen) atoms. The number of likely N-dealkylation sites (tertiary alicyclic amines) is 1. The molecule has 6 nitrogen and oxygen atoms in total. The summed E-state index contributed by atoms with van der Waals surface area (Å²) in [6, 6.07) is 7.11. The molecule has 1 N–H and O–H groups in total. The summed E-state index contributed by atoms with van der Waals surface area (Å²) >= 11 is 0. The van der Waals surface area contributed by atoms with Crippen LogP contribution in [0.15, 0.2) is 29.2 Å². The number of carbonyl (C=O) groups excluding carboxylic acids is 1. The van der Waals surface area contributed by atoms with Crippen LogP contribution in [-0.4, -0.2) is 55.8 Å². The summed E-state index contributed by atoms with van der Waals surface area (Å²) < 4.78 is 26.8. The Hall–Kier alpha value is -1.44. The predicted octanol–water partition coefficient (Wildman–Crippen LogP) is 3.31. The number of anilines is 1. The summed E-state index contributed by atoms with van der Waals surface area (Å²) in [5, 5.41) is 2.91. The van der Waals surface area contributed by atoms with Crippen molar-refractivity contribution in [2.45, 2.75) is 63.3 Å². The van der Waals surface area contributed by atoms with E-state index in [-0.39, 0.29) is 10.8 Å². The number of amides is 1. The Morgan fingerprint density at radius 2 is 1.86 bits per heavy atom. The largest absolute Gasteiger partial charge is 0.325 e. The SMILES string of the molecule is CCN(CC)S(=O)(=O)c1cccc(NC(=O)CN2CCC[C@H]3CCCC[C@@H]32)c1. The lowest BCUT2D eigenvalue weighted by Crippen LogP contribution is -2.49. The van der Waals surface area contributed by atoms with Gasteiger partial charge >= 0.3 is 0 Å². The zero-order chi connectivity index (χ0) is 20.1. The van der Waals surface area contributed by atoms with Gasteiger partial charge in [0.2, 0.25) is 15.9 Å². The molecule has 0 unspecified atom stereocenters. The highest BCUT2D eigenvalue weighted by atomic mass is 32.2. The van der Waals surface area contributed by atoms with Gasteiger partial charge in [0.05, 0.1) is 11.4 Å². The maximum atomic E-state index is 12.7. The van der Waals surface area contributed by atoms with Gasteiger partial charge in [-0.2, -0.15) is 4.31 Å². The maximum absolute atomic E-state index is 12.7. The molecule has 0 bridgehead atoms. The number of nitrogens with one attached hydrogen (secondary N) is 1. The van der Waals surface area contributed by atoms with E-state index in [1.54, 1.807) is 24.3 Å². The summed E-state index contributed by atoms with van der Waals surface area (Å²) in [5.41, 5.74) is 0.537. The van der Waals surface area contributed by atoms with E-state index in [4.69, 9.17) is 0 Å². The molecule has 2 atom stereocenters. The van der Waals surface area contributed by atoms with Crippen molar-refractivity contribution in [1.29, 1.82) is 0 Å². The zero-order valence-electron chi connectivity index (χ0n) is 17.1. The topological polar surface area (TPSA) is 69.7 Å². The van der Waals surface area contributed by atoms with Gasteiger partial charge in [-0.05, 0) is 56.3 Å². The molecule has 3 rings (SSSR count). The van der Waals surface area contributed by atoms with Crippen LogP contribution in [0.5, 0.6) is 0 Å². The third kappa shape index (κ3) is 4.75. The molecule has 1 aliphatic heterocycles. The Labute approximate surface area is 169 Å². The molecular formula is C21H33N3O3S. The number of rotatable bonds is 7. The summed E-state index contributed by atoms with van der Waals surface area (Å²) in [7, 11) is -3.53. The second-order valence-electron chi connectivity index (χ2n) is 7.89. The fourth-order valence-electron chi connectivity index (χ4n) is 4.76. The van der Waals surface area contributed by atoms with Gasteiger partial charge < -0.3 is 5.32 Å². The first-order chi connectivity index (χ1) is 13.5. The predicted molar refractivity (Wildman–Crippen MR) is 112 cm³/mol. The number of fused-ring (bicyclic) bond motifs is 1. The number of benzene rings is 1. The lowest BCUT2D eigenvalue weighted by Gasteiger charge is -2.43. The van der Waals surface area contributed by atoms with Gasteiger partial charge in [-0.3, -0.25) is 9.69 Å². The van der Waals surface area contributed by atoms with Crippen molar-refractivity contribution >= 4 is 21.6 Å². The second-order valence-corrected chi connectivity index (χ2v) is 9.83. The minimum absolute atomic E-state index is 0.0661. The molecule has 0 radical (unpaired) electrons. The molecule has 1 heterocycles. The van der Waals surface area contributed by atoms with E-state index in [9.17, 15) is 13.2 Å². The number of piperidine rings is 1. The first-order valence-corrected chi connectivity index (χ1v) is 12.0. The van der Waals surface area contributed by atoms with Crippen molar-refractivity contribution < 1.29 is 13.2 Å². The lowest BCUT2D eigenvalue weighted by atomic mass is 9.78. The number of sulfonamides is 1. The van der Waals surface area contributed by atoms with E-state index in [1.807, 2.05) is 13.8 Å². The van der Waals surface area contributed by atoms with Crippen LogP contribution in [-0.2, 0) is 14.8 Å². The van der Waals surface area contributed by atoms with Gasteiger partial charge in [0, 0.05) is 24.8 Å². The van der Waals surface area contributed by atoms with Crippen LogP contribution in [0.4, 0.5) is 5.69 Å². The fourth-order valence-corrected chi connectivity index (χ4v) is 6.26. The van der Waals surface area contributed by atoms with Crippen LogP contribution in [0.3, 0.4) is 0 Å². The first-order valence-electron chi connectivity index (χ1n) is 10.6. The summed E-state index contributed by atoms with van der Waals surface area (Å²) in [5.74, 6) is 0.668. The zero-order valence-corrected chi connectivity index (χ0v) is 17.9. The lowest BCUT2D eigenvalue weighted by molar-refractivity contribution is -0.118. The van der Waals surface area contributed by atoms with E-state index >= 15 is 0 Å². The highest BCUT2D eigenvalue weighted by Crippen LogP contribution is 2.35. The minimum Gasteiger partial charge on any atom is -0.325 e. The monoisotopic (exact) mass is 407 g/mol. The Kier molecular flexibility index (Phi) is 7.12. The molecule has 1 aromatic rings. The average Bonchev–Trinajstić information content (AvgIpc) is 2.69. The molecule has 156 valence electrons. The van der Waals surface area contributed by atoms with E-state index in [0.717, 1.165) is 18.9 Å². The van der Waals surface area contributed by atoms with Gasteiger partial charge in [0.25, 0.3) is 0 Å². The standard InChI is InChI=1S/C21H33N3O3S/c1-3-24(4-2)28(26,27)19-12-7-11-18(15-19)22-21(25)16-23-14-8-10-17-9-5-6-13-20(17)23/h7,11-12,15,17,20H,3-6,8-10,13-14,16H2,1-2H3,(H,22,25)/t17-,20+/m1/s1. The molecule has 1 aromatic carbocycles. The highest BCUT2D eigenvalue weighted by Gasteiger charge is 2.33. The number of hydrogen-bond acceptors (Lipinski definition) is 4.